The van der Waals surface area contributed by atoms with Crippen LogP contribution in [0.1, 0.15) is 22.6 Å². The highest BCUT2D eigenvalue weighted by Crippen LogP contribution is 2.35. The molecule has 0 heterocycles. The van der Waals surface area contributed by atoms with Gasteiger partial charge in [0.1, 0.15) is 0 Å². The van der Waals surface area contributed by atoms with Gasteiger partial charge in [0.15, 0.2) is 0 Å². The SMILES string of the molecule is Nc1ccc2cc(C(c3ccccc3)c3ccc4cc(N)ccc4c3)ccc2c1. The first-order chi connectivity index (χ1) is 14.2. The van der Waals surface area contributed by atoms with E-state index in [1.165, 1.54) is 27.5 Å². The van der Waals surface area contributed by atoms with Gasteiger partial charge in [-0.25, -0.2) is 0 Å². The fourth-order valence-corrected chi connectivity index (χ4v) is 4.15. The molecule has 0 fully saturated rings. The van der Waals surface area contributed by atoms with Crippen LogP contribution in [0, 0.1) is 0 Å². The lowest BCUT2D eigenvalue weighted by Gasteiger charge is -2.20. The molecule has 0 radical (unpaired) electrons. The van der Waals surface area contributed by atoms with E-state index >= 15 is 0 Å². The van der Waals surface area contributed by atoms with Crippen LogP contribution in [-0.4, -0.2) is 0 Å². The van der Waals surface area contributed by atoms with Crippen molar-refractivity contribution < 1.29 is 0 Å². The molecule has 0 spiro atoms. The molecule has 0 saturated heterocycles. The Hall–Kier alpha value is -3.78. The molecule has 140 valence electrons. The van der Waals surface area contributed by atoms with E-state index in [1.807, 2.05) is 24.3 Å². The van der Waals surface area contributed by atoms with E-state index in [0.29, 0.717) is 0 Å². The maximum Gasteiger partial charge on any atom is 0.0340 e. The van der Waals surface area contributed by atoms with Crippen LogP contribution in [0.4, 0.5) is 11.4 Å². The highest BCUT2D eigenvalue weighted by molar-refractivity contribution is 5.88. The molecule has 29 heavy (non-hydrogen) atoms. The quantitative estimate of drug-likeness (QED) is 0.286. The van der Waals surface area contributed by atoms with Gasteiger partial charge in [-0.2, -0.15) is 0 Å². The number of fused-ring (bicyclic) bond motifs is 2. The Morgan fingerprint density at radius 2 is 0.862 bits per heavy atom. The Bertz CT molecular complexity index is 1240. The summed E-state index contributed by atoms with van der Waals surface area (Å²) in [5.74, 6) is 0.153. The summed E-state index contributed by atoms with van der Waals surface area (Å²) in [5.41, 5.74) is 17.3. The number of benzene rings is 5. The van der Waals surface area contributed by atoms with Crippen LogP contribution in [0.15, 0.2) is 103 Å². The molecule has 0 amide bonds. The van der Waals surface area contributed by atoms with Crippen LogP contribution in [-0.2, 0) is 0 Å². The summed E-state index contributed by atoms with van der Waals surface area (Å²) in [4.78, 5) is 0. The van der Waals surface area contributed by atoms with Gasteiger partial charge in [-0.15, -0.1) is 0 Å². The minimum atomic E-state index is 0.153. The second-order valence-corrected chi connectivity index (χ2v) is 7.58. The fourth-order valence-electron chi connectivity index (χ4n) is 4.15. The Morgan fingerprint density at radius 1 is 0.414 bits per heavy atom. The average Bonchev–Trinajstić information content (AvgIpc) is 2.75. The molecule has 0 aliphatic carbocycles. The standard InChI is InChI=1S/C27H22N2/c28-25-12-10-19-14-23(8-6-21(19)16-25)27(18-4-2-1-3-5-18)24-9-7-22-17-26(29)13-11-20(22)15-24/h1-17,27H,28-29H2. The lowest BCUT2D eigenvalue weighted by molar-refractivity contribution is 0.983. The molecule has 4 N–H and O–H groups in total. The van der Waals surface area contributed by atoms with Gasteiger partial charge in [-0.05, 0) is 62.5 Å². The maximum absolute atomic E-state index is 5.96. The molecular weight excluding hydrogens is 352 g/mol. The predicted octanol–water partition coefficient (Wildman–Crippen LogP) is 6.34. The third kappa shape index (κ3) is 3.30. The van der Waals surface area contributed by atoms with Gasteiger partial charge in [0.2, 0.25) is 0 Å². The van der Waals surface area contributed by atoms with Crippen LogP contribution in [0.5, 0.6) is 0 Å². The van der Waals surface area contributed by atoms with Crippen molar-refractivity contribution in [2.75, 3.05) is 11.5 Å². The molecule has 0 bridgehead atoms. The zero-order chi connectivity index (χ0) is 19.8. The molecule has 0 aliphatic rings. The van der Waals surface area contributed by atoms with E-state index in [0.717, 1.165) is 22.1 Å². The van der Waals surface area contributed by atoms with Crippen molar-refractivity contribution in [1.82, 2.24) is 0 Å². The first kappa shape index (κ1) is 17.3. The van der Waals surface area contributed by atoms with Crippen molar-refractivity contribution in [3.8, 4) is 0 Å². The second kappa shape index (κ2) is 6.99. The fraction of sp³-hybridized carbons (Fsp3) is 0.0370. The van der Waals surface area contributed by atoms with E-state index in [9.17, 15) is 0 Å². The Morgan fingerprint density at radius 3 is 1.38 bits per heavy atom. The van der Waals surface area contributed by atoms with Crippen LogP contribution in [0.3, 0.4) is 0 Å². The van der Waals surface area contributed by atoms with E-state index in [-0.39, 0.29) is 5.92 Å². The number of hydrogen-bond acceptors (Lipinski definition) is 2. The lowest BCUT2D eigenvalue weighted by atomic mass is 9.83. The van der Waals surface area contributed by atoms with Gasteiger partial charge in [0, 0.05) is 17.3 Å². The number of nitrogen functional groups attached to an aromatic ring is 2. The molecular formula is C27H22N2. The van der Waals surface area contributed by atoms with Gasteiger partial charge in [-0.3, -0.25) is 0 Å². The highest BCUT2D eigenvalue weighted by Gasteiger charge is 2.17. The third-order valence-electron chi connectivity index (χ3n) is 5.58. The van der Waals surface area contributed by atoms with E-state index < -0.39 is 0 Å². The monoisotopic (exact) mass is 374 g/mol. The third-order valence-corrected chi connectivity index (χ3v) is 5.58. The van der Waals surface area contributed by atoms with Crippen molar-refractivity contribution >= 4 is 32.9 Å². The largest absolute Gasteiger partial charge is 0.399 e. The smallest absolute Gasteiger partial charge is 0.0340 e. The molecule has 5 aromatic rings. The number of nitrogens with two attached hydrogens (primary N) is 2. The molecule has 0 saturated carbocycles. The maximum atomic E-state index is 5.96. The van der Waals surface area contributed by atoms with Crippen LogP contribution < -0.4 is 11.5 Å². The Kier molecular flexibility index (Phi) is 4.18. The molecule has 2 heteroatoms. The summed E-state index contributed by atoms with van der Waals surface area (Å²) in [6.45, 7) is 0. The predicted molar refractivity (Wildman–Crippen MR) is 124 cm³/mol. The van der Waals surface area contributed by atoms with E-state index in [1.54, 1.807) is 0 Å². The van der Waals surface area contributed by atoms with Gasteiger partial charge in [-0.1, -0.05) is 78.9 Å². The molecule has 0 atom stereocenters. The average molecular weight is 374 g/mol. The summed E-state index contributed by atoms with van der Waals surface area (Å²) >= 11 is 0. The number of hydrogen-bond donors (Lipinski definition) is 2. The van der Waals surface area contributed by atoms with Crippen molar-refractivity contribution in [3.05, 3.63) is 120 Å². The normalized spacial score (nSPS) is 11.3. The van der Waals surface area contributed by atoms with Crippen molar-refractivity contribution in [2.45, 2.75) is 5.92 Å². The minimum absolute atomic E-state index is 0.153. The summed E-state index contributed by atoms with van der Waals surface area (Å²) in [5, 5.41) is 4.72. The molecule has 2 nitrogen and oxygen atoms in total. The molecule has 0 unspecified atom stereocenters. The molecule has 5 rings (SSSR count). The topological polar surface area (TPSA) is 52.0 Å². The zero-order valence-electron chi connectivity index (χ0n) is 16.0. The minimum Gasteiger partial charge on any atom is -0.399 e. The van der Waals surface area contributed by atoms with Crippen molar-refractivity contribution in [1.29, 1.82) is 0 Å². The van der Waals surface area contributed by atoms with Gasteiger partial charge in [0.25, 0.3) is 0 Å². The first-order valence-corrected chi connectivity index (χ1v) is 9.81. The lowest BCUT2D eigenvalue weighted by Crippen LogP contribution is -2.03. The van der Waals surface area contributed by atoms with Crippen LogP contribution in [0.25, 0.3) is 21.5 Å². The van der Waals surface area contributed by atoms with Gasteiger partial charge >= 0.3 is 0 Å². The molecule has 5 aromatic carbocycles. The van der Waals surface area contributed by atoms with Crippen LogP contribution >= 0.6 is 0 Å². The Balaban J connectivity index is 1.70. The summed E-state index contributed by atoms with van der Waals surface area (Å²) in [7, 11) is 0. The molecule has 0 aromatic heterocycles. The summed E-state index contributed by atoms with van der Waals surface area (Å²) in [6.07, 6.45) is 0. The molecule has 0 aliphatic heterocycles. The van der Waals surface area contributed by atoms with Crippen molar-refractivity contribution in [2.24, 2.45) is 0 Å². The highest BCUT2D eigenvalue weighted by atomic mass is 14.5. The van der Waals surface area contributed by atoms with Gasteiger partial charge in [0.05, 0.1) is 0 Å². The van der Waals surface area contributed by atoms with E-state index in [4.69, 9.17) is 11.5 Å². The number of anilines is 2. The second-order valence-electron chi connectivity index (χ2n) is 7.58. The first-order valence-electron chi connectivity index (χ1n) is 9.81. The summed E-state index contributed by atoms with van der Waals surface area (Å²) in [6, 6.07) is 36.2. The Labute approximate surface area is 170 Å². The van der Waals surface area contributed by atoms with Crippen molar-refractivity contribution in [3.63, 3.8) is 0 Å². The number of rotatable bonds is 3. The van der Waals surface area contributed by atoms with Crippen LogP contribution in [0.2, 0.25) is 0 Å². The zero-order valence-corrected chi connectivity index (χ0v) is 16.0. The summed E-state index contributed by atoms with van der Waals surface area (Å²) < 4.78 is 0. The van der Waals surface area contributed by atoms with E-state index in [2.05, 4.69) is 78.9 Å². The van der Waals surface area contributed by atoms with Gasteiger partial charge < -0.3 is 11.5 Å².